The molecule has 5 heteroatoms. The number of hydrogen-bond donors (Lipinski definition) is 0. The Morgan fingerprint density at radius 3 is 2.88 bits per heavy atom. The predicted molar refractivity (Wildman–Crippen MR) is 63.5 cm³/mol. The van der Waals surface area contributed by atoms with Crippen LogP contribution in [0.2, 0.25) is 10.2 Å². The highest BCUT2D eigenvalue weighted by Gasteiger charge is 2.19. The van der Waals surface area contributed by atoms with Gasteiger partial charge in [0, 0.05) is 31.3 Å². The van der Waals surface area contributed by atoms with Crippen molar-refractivity contribution in [2.75, 3.05) is 6.54 Å². The highest BCUT2D eigenvalue weighted by Crippen LogP contribution is 2.22. The lowest BCUT2D eigenvalue weighted by atomic mass is 10.1. The third-order valence-electron chi connectivity index (χ3n) is 2.68. The molecule has 0 spiro atoms. The molecule has 1 fully saturated rings. The Hall–Kier alpha value is -0.800. The molecule has 2 heterocycles. The highest BCUT2D eigenvalue weighted by molar-refractivity contribution is 6.34. The van der Waals surface area contributed by atoms with Crippen LogP contribution in [0.5, 0.6) is 0 Å². The average molecular weight is 259 g/mol. The van der Waals surface area contributed by atoms with Crippen LogP contribution < -0.4 is 0 Å². The van der Waals surface area contributed by atoms with E-state index in [1.54, 1.807) is 12.3 Å². The SMILES string of the molecule is O=C1CCCCN1Cc1cnc(Cl)cc1Cl. The first-order valence-corrected chi connectivity index (χ1v) is 6.00. The molecular formula is C11H12Cl2N2O. The van der Waals surface area contributed by atoms with Crippen molar-refractivity contribution < 1.29 is 4.79 Å². The van der Waals surface area contributed by atoms with Gasteiger partial charge in [0.1, 0.15) is 5.15 Å². The number of pyridine rings is 1. The van der Waals surface area contributed by atoms with Gasteiger partial charge in [0.25, 0.3) is 0 Å². The van der Waals surface area contributed by atoms with Gasteiger partial charge in [-0.3, -0.25) is 4.79 Å². The van der Waals surface area contributed by atoms with Crippen molar-refractivity contribution in [3.8, 4) is 0 Å². The molecule has 1 aliphatic heterocycles. The Morgan fingerprint density at radius 2 is 2.19 bits per heavy atom. The molecule has 0 N–H and O–H groups in total. The van der Waals surface area contributed by atoms with Crippen molar-refractivity contribution >= 4 is 29.1 Å². The minimum absolute atomic E-state index is 0.192. The zero-order valence-corrected chi connectivity index (χ0v) is 10.3. The van der Waals surface area contributed by atoms with Gasteiger partial charge >= 0.3 is 0 Å². The number of rotatable bonds is 2. The number of halogens is 2. The van der Waals surface area contributed by atoms with E-state index in [9.17, 15) is 4.79 Å². The van der Waals surface area contributed by atoms with Crippen molar-refractivity contribution in [2.45, 2.75) is 25.8 Å². The lowest BCUT2D eigenvalue weighted by Crippen LogP contribution is -2.34. The summed E-state index contributed by atoms with van der Waals surface area (Å²) in [6.45, 7) is 1.33. The normalized spacial score (nSPS) is 16.6. The van der Waals surface area contributed by atoms with Crippen molar-refractivity contribution in [2.24, 2.45) is 0 Å². The van der Waals surface area contributed by atoms with Gasteiger partial charge in [-0.2, -0.15) is 0 Å². The first kappa shape index (κ1) is 11.7. The van der Waals surface area contributed by atoms with Gasteiger partial charge in [-0.05, 0) is 18.9 Å². The third kappa shape index (κ3) is 2.66. The molecule has 1 saturated heterocycles. The topological polar surface area (TPSA) is 33.2 Å². The van der Waals surface area contributed by atoms with Crippen molar-refractivity contribution in [1.82, 2.24) is 9.88 Å². The molecule has 86 valence electrons. The van der Waals surface area contributed by atoms with E-state index in [0.29, 0.717) is 23.1 Å². The van der Waals surface area contributed by atoms with Gasteiger partial charge in [-0.25, -0.2) is 4.98 Å². The minimum Gasteiger partial charge on any atom is -0.338 e. The maximum atomic E-state index is 11.6. The molecule has 3 nitrogen and oxygen atoms in total. The van der Waals surface area contributed by atoms with Gasteiger partial charge in [-0.15, -0.1) is 0 Å². The van der Waals surface area contributed by atoms with Crippen LogP contribution in [0.25, 0.3) is 0 Å². The van der Waals surface area contributed by atoms with E-state index in [1.807, 2.05) is 4.90 Å². The summed E-state index contributed by atoms with van der Waals surface area (Å²) in [6.07, 6.45) is 4.32. The summed E-state index contributed by atoms with van der Waals surface area (Å²) >= 11 is 11.7. The fraction of sp³-hybridized carbons (Fsp3) is 0.455. The first-order chi connectivity index (χ1) is 7.66. The fourth-order valence-corrected chi connectivity index (χ4v) is 2.21. The van der Waals surface area contributed by atoms with E-state index in [1.165, 1.54) is 0 Å². The van der Waals surface area contributed by atoms with Crippen molar-refractivity contribution in [3.05, 3.63) is 28.0 Å². The van der Waals surface area contributed by atoms with Crippen LogP contribution >= 0.6 is 23.2 Å². The molecule has 1 amide bonds. The zero-order chi connectivity index (χ0) is 11.5. The Kier molecular flexibility index (Phi) is 3.66. The number of carbonyl (C=O) groups excluding carboxylic acids is 1. The van der Waals surface area contributed by atoms with Crippen LogP contribution in [0.15, 0.2) is 12.3 Å². The number of carbonyl (C=O) groups is 1. The second-order valence-electron chi connectivity index (χ2n) is 3.87. The lowest BCUT2D eigenvalue weighted by molar-refractivity contribution is -0.133. The van der Waals surface area contributed by atoms with Gasteiger partial charge in [0.2, 0.25) is 5.91 Å². The second-order valence-corrected chi connectivity index (χ2v) is 4.67. The molecule has 0 bridgehead atoms. The molecule has 0 unspecified atom stereocenters. The molecule has 1 aromatic rings. The summed E-state index contributed by atoms with van der Waals surface area (Å²) in [5.41, 5.74) is 0.848. The van der Waals surface area contributed by atoms with Gasteiger partial charge in [0.15, 0.2) is 0 Å². The molecule has 1 aliphatic rings. The summed E-state index contributed by atoms with van der Waals surface area (Å²) < 4.78 is 0. The summed E-state index contributed by atoms with van der Waals surface area (Å²) in [4.78, 5) is 17.4. The van der Waals surface area contributed by atoms with E-state index in [-0.39, 0.29) is 5.91 Å². The standard InChI is InChI=1S/C11H12Cl2N2O/c12-9-5-10(13)14-6-8(9)7-15-4-2-1-3-11(15)16/h5-6H,1-4,7H2. The Bertz CT molecular complexity index is 409. The van der Waals surface area contributed by atoms with Crippen LogP contribution in [-0.2, 0) is 11.3 Å². The Labute approximate surface area is 104 Å². The molecule has 0 aromatic carbocycles. The highest BCUT2D eigenvalue weighted by atomic mass is 35.5. The number of nitrogens with zero attached hydrogens (tertiary/aromatic N) is 2. The van der Waals surface area contributed by atoms with Gasteiger partial charge < -0.3 is 4.90 Å². The molecule has 0 atom stereocenters. The Balaban J connectivity index is 2.10. The second kappa shape index (κ2) is 5.02. The maximum Gasteiger partial charge on any atom is 0.222 e. The summed E-state index contributed by atoms with van der Waals surface area (Å²) in [5.74, 6) is 0.192. The maximum absolute atomic E-state index is 11.6. The quantitative estimate of drug-likeness (QED) is 0.765. The van der Waals surface area contributed by atoms with E-state index in [4.69, 9.17) is 23.2 Å². The van der Waals surface area contributed by atoms with Crippen LogP contribution in [-0.4, -0.2) is 22.3 Å². The molecule has 0 saturated carbocycles. The largest absolute Gasteiger partial charge is 0.338 e. The smallest absolute Gasteiger partial charge is 0.222 e. The minimum atomic E-state index is 0.192. The number of amides is 1. The van der Waals surface area contributed by atoms with Crippen molar-refractivity contribution in [1.29, 1.82) is 0 Å². The van der Waals surface area contributed by atoms with E-state index >= 15 is 0 Å². The lowest BCUT2D eigenvalue weighted by Gasteiger charge is -2.26. The average Bonchev–Trinajstić information content (AvgIpc) is 2.25. The summed E-state index contributed by atoms with van der Waals surface area (Å²) in [6, 6.07) is 1.60. The molecule has 2 rings (SSSR count). The molecule has 1 aromatic heterocycles. The van der Waals surface area contributed by atoms with Crippen LogP contribution in [0.4, 0.5) is 0 Å². The van der Waals surface area contributed by atoms with E-state index in [0.717, 1.165) is 24.9 Å². The zero-order valence-electron chi connectivity index (χ0n) is 8.75. The number of piperidine rings is 1. The molecular weight excluding hydrogens is 247 g/mol. The molecule has 0 radical (unpaired) electrons. The summed E-state index contributed by atoms with van der Waals surface area (Å²) in [5, 5.41) is 0.942. The van der Waals surface area contributed by atoms with Crippen LogP contribution in [0.3, 0.4) is 0 Å². The number of hydrogen-bond acceptors (Lipinski definition) is 2. The van der Waals surface area contributed by atoms with Gasteiger partial charge in [-0.1, -0.05) is 23.2 Å². The third-order valence-corrected chi connectivity index (χ3v) is 3.24. The number of aromatic nitrogens is 1. The number of likely N-dealkylation sites (tertiary alicyclic amines) is 1. The van der Waals surface area contributed by atoms with Crippen LogP contribution in [0, 0.1) is 0 Å². The van der Waals surface area contributed by atoms with Crippen molar-refractivity contribution in [3.63, 3.8) is 0 Å². The first-order valence-electron chi connectivity index (χ1n) is 5.24. The van der Waals surface area contributed by atoms with E-state index < -0.39 is 0 Å². The monoisotopic (exact) mass is 258 g/mol. The van der Waals surface area contributed by atoms with Gasteiger partial charge in [0.05, 0.1) is 5.02 Å². The van der Waals surface area contributed by atoms with E-state index in [2.05, 4.69) is 4.98 Å². The predicted octanol–water partition coefficient (Wildman–Crippen LogP) is 2.90. The summed E-state index contributed by atoms with van der Waals surface area (Å²) in [7, 11) is 0. The molecule has 0 aliphatic carbocycles. The molecule has 16 heavy (non-hydrogen) atoms. The fourth-order valence-electron chi connectivity index (χ4n) is 1.79. The Morgan fingerprint density at radius 1 is 1.38 bits per heavy atom. The van der Waals surface area contributed by atoms with Crippen LogP contribution in [0.1, 0.15) is 24.8 Å².